The highest BCUT2D eigenvalue weighted by Crippen LogP contribution is 2.24. The van der Waals surface area contributed by atoms with Gasteiger partial charge in [-0.25, -0.2) is 9.59 Å². The van der Waals surface area contributed by atoms with Crippen molar-refractivity contribution in [2.75, 3.05) is 25.4 Å². The number of aliphatic hydroxyl groups is 1. The van der Waals surface area contributed by atoms with Crippen LogP contribution in [-0.2, 0) is 26.6 Å². The van der Waals surface area contributed by atoms with Crippen molar-refractivity contribution >= 4 is 34.6 Å². The molecule has 0 saturated carbocycles. The van der Waals surface area contributed by atoms with E-state index >= 15 is 0 Å². The van der Waals surface area contributed by atoms with E-state index in [9.17, 15) is 19.5 Å². The minimum Gasteiger partial charge on any atom is -0.423 e. The van der Waals surface area contributed by atoms with Crippen molar-refractivity contribution in [1.82, 2.24) is 9.96 Å². The number of hydrogen-bond donors (Lipinski definition) is 1. The van der Waals surface area contributed by atoms with Gasteiger partial charge in [-0.3, -0.25) is 4.79 Å². The topological polar surface area (TPSA) is 100 Å². The summed E-state index contributed by atoms with van der Waals surface area (Å²) in [5.41, 5.74) is 1.49. The lowest BCUT2D eigenvalue weighted by Gasteiger charge is -2.18. The molecule has 1 atom stereocenters. The van der Waals surface area contributed by atoms with E-state index in [0.717, 1.165) is 47.8 Å². The highest BCUT2D eigenvalue weighted by molar-refractivity contribution is 7.98. The van der Waals surface area contributed by atoms with E-state index in [1.807, 2.05) is 6.07 Å². The van der Waals surface area contributed by atoms with Gasteiger partial charge >= 0.3 is 11.6 Å². The molecule has 174 valence electrons. The van der Waals surface area contributed by atoms with Crippen LogP contribution in [0.25, 0.3) is 11.0 Å². The second kappa shape index (κ2) is 11.5. The standard InChI is InChI=1S/C23H30N2O6S/c1-3-24(4-2)10-5-11-32-15-17-14-22(28)30-19-12-16(6-7-18(17)19)13-23(29)31-25-20(26)8-9-21(25)27/h6-7,12,14,20,26H,3-5,8-11,13,15H2,1-2H3. The second-order valence-corrected chi connectivity index (χ2v) is 8.84. The number of fused-ring (bicyclic) bond motifs is 1. The molecule has 1 fully saturated rings. The molecule has 0 radical (unpaired) electrons. The maximum Gasteiger partial charge on any atom is 0.337 e. The van der Waals surface area contributed by atoms with E-state index in [4.69, 9.17) is 9.25 Å². The third kappa shape index (κ3) is 6.34. The number of benzene rings is 1. The van der Waals surface area contributed by atoms with Gasteiger partial charge in [0.1, 0.15) is 5.58 Å². The molecule has 1 aromatic carbocycles. The smallest absolute Gasteiger partial charge is 0.337 e. The number of hydrogen-bond acceptors (Lipinski definition) is 8. The van der Waals surface area contributed by atoms with Crippen LogP contribution in [0.4, 0.5) is 0 Å². The Kier molecular flexibility index (Phi) is 8.72. The molecule has 3 rings (SSSR count). The van der Waals surface area contributed by atoms with Gasteiger partial charge in [0.05, 0.1) is 6.42 Å². The lowest BCUT2D eigenvalue weighted by Crippen LogP contribution is -2.35. The average molecular weight is 463 g/mol. The summed E-state index contributed by atoms with van der Waals surface area (Å²) in [6.45, 7) is 7.49. The van der Waals surface area contributed by atoms with Crippen molar-refractivity contribution in [3.8, 4) is 0 Å². The van der Waals surface area contributed by atoms with E-state index < -0.39 is 23.7 Å². The van der Waals surface area contributed by atoms with Crippen LogP contribution in [-0.4, -0.2) is 58.6 Å². The van der Waals surface area contributed by atoms with E-state index in [1.54, 1.807) is 23.9 Å². The largest absolute Gasteiger partial charge is 0.423 e. The fraction of sp³-hybridized carbons (Fsp3) is 0.522. The minimum absolute atomic E-state index is 0.111. The zero-order valence-electron chi connectivity index (χ0n) is 18.5. The van der Waals surface area contributed by atoms with Gasteiger partial charge in [0.2, 0.25) is 0 Å². The quantitative estimate of drug-likeness (QED) is 0.402. The first-order valence-electron chi connectivity index (χ1n) is 11.0. The van der Waals surface area contributed by atoms with E-state index in [2.05, 4.69) is 18.7 Å². The molecule has 1 aliphatic heterocycles. The number of aliphatic hydroxyl groups excluding tert-OH is 1. The molecule has 32 heavy (non-hydrogen) atoms. The van der Waals surface area contributed by atoms with Crippen molar-refractivity contribution < 1.29 is 24.0 Å². The molecule has 0 spiro atoms. The molecular weight excluding hydrogens is 432 g/mol. The van der Waals surface area contributed by atoms with Gasteiger partial charge in [0, 0.05) is 30.0 Å². The number of nitrogens with zero attached hydrogens (tertiary/aromatic N) is 2. The Morgan fingerprint density at radius 3 is 2.75 bits per heavy atom. The molecule has 0 aliphatic carbocycles. The summed E-state index contributed by atoms with van der Waals surface area (Å²) in [6.07, 6.45) is 0.260. The Morgan fingerprint density at radius 2 is 2.06 bits per heavy atom. The van der Waals surface area contributed by atoms with Crippen LogP contribution in [0.5, 0.6) is 0 Å². The van der Waals surface area contributed by atoms with Gasteiger partial charge in [-0.05, 0) is 49.0 Å². The molecule has 1 aromatic heterocycles. The monoisotopic (exact) mass is 462 g/mol. The number of thioether (sulfide) groups is 1. The van der Waals surface area contributed by atoms with Crippen molar-refractivity contribution in [3.05, 3.63) is 45.8 Å². The molecule has 1 aliphatic rings. The molecule has 1 saturated heterocycles. The third-order valence-electron chi connectivity index (χ3n) is 5.49. The fourth-order valence-electron chi connectivity index (χ4n) is 3.68. The van der Waals surface area contributed by atoms with Crippen molar-refractivity contribution in [2.45, 2.75) is 51.5 Å². The maximum atomic E-state index is 12.2. The lowest BCUT2D eigenvalue weighted by atomic mass is 10.1. The highest BCUT2D eigenvalue weighted by atomic mass is 32.2. The van der Waals surface area contributed by atoms with Crippen LogP contribution in [0.3, 0.4) is 0 Å². The lowest BCUT2D eigenvalue weighted by molar-refractivity contribution is -0.220. The SMILES string of the molecule is CCN(CC)CCCSCc1cc(=O)oc2cc(CC(=O)ON3C(=O)CCC3O)ccc12. The second-order valence-electron chi connectivity index (χ2n) is 7.73. The molecule has 0 bridgehead atoms. The summed E-state index contributed by atoms with van der Waals surface area (Å²) in [5, 5.41) is 11.3. The Balaban J connectivity index is 1.61. The molecule has 2 aromatic rings. The molecule has 1 amide bonds. The Labute approximate surface area is 191 Å². The van der Waals surface area contributed by atoms with E-state index in [-0.39, 0.29) is 19.3 Å². The molecular formula is C23H30N2O6S. The number of amides is 1. The predicted molar refractivity (Wildman–Crippen MR) is 123 cm³/mol. The molecule has 8 nitrogen and oxygen atoms in total. The third-order valence-corrected chi connectivity index (χ3v) is 6.58. The zero-order valence-corrected chi connectivity index (χ0v) is 19.4. The number of rotatable bonds is 11. The summed E-state index contributed by atoms with van der Waals surface area (Å²) >= 11 is 1.78. The average Bonchev–Trinajstić information content (AvgIpc) is 3.07. The summed E-state index contributed by atoms with van der Waals surface area (Å²) in [7, 11) is 0. The Bertz CT molecular complexity index is 1000. The van der Waals surface area contributed by atoms with Gasteiger partial charge in [-0.15, -0.1) is 5.06 Å². The first-order chi connectivity index (χ1) is 15.4. The van der Waals surface area contributed by atoms with Crippen LogP contribution in [0.15, 0.2) is 33.5 Å². The predicted octanol–water partition coefficient (Wildman–Crippen LogP) is 2.70. The summed E-state index contributed by atoms with van der Waals surface area (Å²) < 4.78 is 5.35. The minimum atomic E-state index is -1.10. The highest BCUT2D eigenvalue weighted by Gasteiger charge is 2.32. The first kappa shape index (κ1) is 24.3. The zero-order chi connectivity index (χ0) is 23.1. The molecule has 1 unspecified atom stereocenters. The van der Waals surface area contributed by atoms with Crippen molar-refractivity contribution in [1.29, 1.82) is 0 Å². The Hall–Kier alpha value is -2.36. The van der Waals surface area contributed by atoms with Gasteiger partial charge < -0.3 is 19.3 Å². The van der Waals surface area contributed by atoms with Crippen LogP contribution < -0.4 is 5.63 Å². The molecule has 2 heterocycles. The summed E-state index contributed by atoms with van der Waals surface area (Å²) in [6, 6.07) is 6.78. The van der Waals surface area contributed by atoms with Crippen LogP contribution in [0.2, 0.25) is 0 Å². The van der Waals surface area contributed by atoms with E-state index in [0.29, 0.717) is 16.9 Å². The van der Waals surface area contributed by atoms with Crippen LogP contribution in [0.1, 0.15) is 44.2 Å². The van der Waals surface area contributed by atoms with Crippen LogP contribution in [0, 0.1) is 0 Å². The van der Waals surface area contributed by atoms with Gasteiger partial charge in [0.25, 0.3) is 5.91 Å². The Morgan fingerprint density at radius 1 is 1.28 bits per heavy atom. The summed E-state index contributed by atoms with van der Waals surface area (Å²) in [4.78, 5) is 43.3. The van der Waals surface area contributed by atoms with Crippen LogP contribution >= 0.6 is 11.8 Å². The number of hydroxylamine groups is 2. The molecule has 9 heteroatoms. The van der Waals surface area contributed by atoms with Crippen molar-refractivity contribution in [3.63, 3.8) is 0 Å². The van der Waals surface area contributed by atoms with Gasteiger partial charge in [-0.2, -0.15) is 11.8 Å². The maximum absolute atomic E-state index is 12.2. The molecule has 1 N–H and O–H groups in total. The summed E-state index contributed by atoms with van der Waals surface area (Å²) in [5.74, 6) is 0.621. The van der Waals surface area contributed by atoms with Gasteiger partial charge in [0.15, 0.2) is 6.23 Å². The van der Waals surface area contributed by atoms with Gasteiger partial charge in [-0.1, -0.05) is 26.0 Å². The number of carbonyl (C=O) groups excluding carboxylic acids is 2. The van der Waals surface area contributed by atoms with Crippen molar-refractivity contribution in [2.24, 2.45) is 0 Å². The number of carbonyl (C=O) groups is 2. The van der Waals surface area contributed by atoms with E-state index in [1.165, 1.54) is 6.07 Å². The fourth-order valence-corrected chi connectivity index (χ4v) is 4.62. The normalized spacial score (nSPS) is 16.3. The first-order valence-corrected chi connectivity index (χ1v) is 12.1.